The Balaban J connectivity index is 2.55. The van der Waals surface area contributed by atoms with Gasteiger partial charge in [-0.15, -0.1) is 0 Å². The van der Waals surface area contributed by atoms with Crippen molar-refractivity contribution >= 4 is 5.97 Å². The molecule has 3 atom stereocenters. The summed E-state index contributed by atoms with van der Waals surface area (Å²) in [5, 5.41) is 0. The highest BCUT2D eigenvalue weighted by Gasteiger charge is 2.33. The summed E-state index contributed by atoms with van der Waals surface area (Å²) >= 11 is 0. The highest BCUT2D eigenvalue weighted by Crippen LogP contribution is 2.30. The van der Waals surface area contributed by atoms with Gasteiger partial charge in [-0.2, -0.15) is 0 Å². The van der Waals surface area contributed by atoms with Gasteiger partial charge in [-0.05, 0) is 37.0 Å². The molecule has 0 heterocycles. The lowest BCUT2D eigenvalue weighted by molar-refractivity contribution is -0.158. The molecule has 0 radical (unpaired) electrons. The molecule has 0 bridgehead atoms. The van der Waals surface area contributed by atoms with Crippen molar-refractivity contribution in [1.82, 2.24) is 0 Å². The molecule has 0 aromatic heterocycles. The average molecular weight is 241 g/mol. The molecule has 0 aromatic carbocycles. The summed E-state index contributed by atoms with van der Waals surface area (Å²) in [6, 6.07) is -0.526. The van der Waals surface area contributed by atoms with Gasteiger partial charge >= 0.3 is 5.97 Å². The van der Waals surface area contributed by atoms with Gasteiger partial charge in [-0.3, -0.25) is 4.79 Å². The maximum absolute atomic E-state index is 12.0. The Morgan fingerprint density at radius 3 is 2.47 bits per heavy atom. The van der Waals surface area contributed by atoms with Gasteiger partial charge in [0.2, 0.25) is 0 Å². The molecule has 0 aromatic rings. The van der Waals surface area contributed by atoms with Crippen LogP contribution in [0.5, 0.6) is 0 Å². The van der Waals surface area contributed by atoms with E-state index in [-0.39, 0.29) is 17.5 Å². The van der Waals surface area contributed by atoms with Gasteiger partial charge in [0, 0.05) is 0 Å². The van der Waals surface area contributed by atoms with Crippen LogP contribution in [0.2, 0.25) is 0 Å². The third kappa shape index (κ3) is 3.98. The fourth-order valence-electron chi connectivity index (χ4n) is 2.37. The molecule has 0 spiro atoms. The molecule has 1 aliphatic carbocycles. The van der Waals surface area contributed by atoms with Crippen LogP contribution < -0.4 is 5.73 Å². The van der Waals surface area contributed by atoms with E-state index in [2.05, 4.69) is 6.92 Å². The van der Waals surface area contributed by atoms with Crippen LogP contribution in [0.25, 0.3) is 0 Å². The van der Waals surface area contributed by atoms with Crippen LogP contribution in [0.15, 0.2) is 0 Å². The Labute approximate surface area is 105 Å². The SMILES string of the molecule is CCC1CCCCC1OC(=O)[C@H](N)C(C)(C)C. The first-order valence-electron chi connectivity index (χ1n) is 6.82. The summed E-state index contributed by atoms with van der Waals surface area (Å²) in [5.74, 6) is 0.294. The lowest BCUT2D eigenvalue weighted by Gasteiger charge is -2.33. The van der Waals surface area contributed by atoms with Gasteiger partial charge in [-0.1, -0.05) is 34.1 Å². The van der Waals surface area contributed by atoms with Crippen molar-refractivity contribution < 1.29 is 9.53 Å². The quantitative estimate of drug-likeness (QED) is 0.773. The number of carbonyl (C=O) groups excluding carboxylic acids is 1. The maximum atomic E-state index is 12.0. The van der Waals surface area contributed by atoms with Crippen LogP contribution in [-0.4, -0.2) is 18.1 Å². The molecule has 3 heteroatoms. The molecule has 1 fully saturated rings. The monoisotopic (exact) mass is 241 g/mol. The van der Waals surface area contributed by atoms with Crippen molar-refractivity contribution in [3.63, 3.8) is 0 Å². The van der Waals surface area contributed by atoms with E-state index in [9.17, 15) is 4.79 Å². The third-order valence-electron chi connectivity index (χ3n) is 3.82. The zero-order valence-electron chi connectivity index (χ0n) is 11.7. The molecule has 3 nitrogen and oxygen atoms in total. The summed E-state index contributed by atoms with van der Waals surface area (Å²) in [6.07, 6.45) is 5.79. The van der Waals surface area contributed by atoms with E-state index in [4.69, 9.17) is 10.5 Å². The molecule has 17 heavy (non-hydrogen) atoms. The lowest BCUT2D eigenvalue weighted by Crippen LogP contribution is -2.45. The van der Waals surface area contributed by atoms with E-state index in [0.29, 0.717) is 5.92 Å². The van der Waals surface area contributed by atoms with Crippen LogP contribution in [-0.2, 0) is 9.53 Å². The largest absolute Gasteiger partial charge is 0.461 e. The molecule has 1 saturated carbocycles. The summed E-state index contributed by atoms with van der Waals surface area (Å²) in [6.45, 7) is 8.08. The predicted molar refractivity (Wildman–Crippen MR) is 69.6 cm³/mol. The van der Waals surface area contributed by atoms with Crippen LogP contribution in [0.1, 0.15) is 59.8 Å². The minimum atomic E-state index is -0.526. The lowest BCUT2D eigenvalue weighted by atomic mass is 9.84. The van der Waals surface area contributed by atoms with E-state index in [1.807, 2.05) is 20.8 Å². The number of hydrogen-bond acceptors (Lipinski definition) is 3. The molecule has 0 amide bonds. The van der Waals surface area contributed by atoms with Gasteiger partial charge in [0.1, 0.15) is 12.1 Å². The van der Waals surface area contributed by atoms with Gasteiger partial charge in [0.25, 0.3) is 0 Å². The van der Waals surface area contributed by atoms with Gasteiger partial charge < -0.3 is 10.5 Å². The van der Waals surface area contributed by atoms with Crippen molar-refractivity contribution in [1.29, 1.82) is 0 Å². The smallest absolute Gasteiger partial charge is 0.323 e. The zero-order chi connectivity index (χ0) is 13.1. The maximum Gasteiger partial charge on any atom is 0.323 e. The second-order valence-corrected chi connectivity index (χ2v) is 6.27. The van der Waals surface area contributed by atoms with Gasteiger partial charge in [-0.25, -0.2) is 0 Å². The molecule has 0 saturated heterocycles. The Morgan fingerprint density at radius 2 is 1.94 bits per heavy atom. The van der Waals surface area contributed by atoms with Crippen LogP contribution in [0, 0.1) is 11.3 Å². The molecule has 100 valence electrons. The second kappa shape index (κ2) is 5.85. The van der Waals surface area contributed by atoms with Crippen molar-refractivity contribution in [2.75, 3.05) is 0 Å². The first kappa shape index (κ1) is 14.5. The Bertz CT molecular complexity index is 257. The number of ether oxygens (including phenoxy) is 1. The highest BCUT2D eigenvalue weighted by atomic mass is 16.5. The van der Waals surface area contributed by atoms with E-state index in [1.165, 1.54) is 19.3 Å². The molecule has 2 unspecified atom stereocenters. The fourth-order valence-corrected chi connectivity index (χ4v) is 2.37. The first-order valence-corrected chi connectivity index (χ1v) is 6.82. The Hall–Kier alpha value is -0.570. The third-order valence-corrected chi connectivity index (χ3v) is 3.82. The minimum absolute atomic E-state index is 0.0923. The Kier molecular flexibility index (Phi) is 4.99. The molecule has 2 N–H and O–H groups in total. The normalized spacial score (nSPS) is 27.6. The number of hydrogen-bond donors (Lipinski definition) is 1. The average Bonchev–Trinajstić information content (AvgIpc) is 2.27. The standard InChI is InChI=1S/C14H27NO2/c1-5-10-8-6-7-9-11(10)17-13(16)12(15)14(2,3)4/h10-12H,5-9,15H2,1-4H3/t10?,11?,12-/m0/s1. The molecule has 1 rings (SSSR count). The highest BCUT2D eigenvalue weighted by molar-refractivity contribution is 5.76. The number of esters is 1. The predicted octanol–water partition coefficient (Wildman–Crippen LogP) is 2.87. The summed E-state index contributed by atoms with van der Waals surface area (Å²) in [4.78, 5) is 12.0. The van der Waals surface area contributed by atoms with E-state index in [0.717, 1.165) is 12.8 Å². The number of nitrogens with two attached hydrogens (primary N) is 1. The van der Waals surface area contributed by atoms with Crippen LogP contribution >= 0.6 is 0 Å². The van der Waals surface area contributed by atoms with Gasteiger partial charge in [0.15, 0.2) is 0 Å². The molecular weight excluding hydrogens is 214 g/mol. The minimum Gasteiger partial charge on any atom is -0.461 e. The topological polar surface area (TPSA) is 52.3 Å². The van der Waals surface area contributed by atoms with E-state index in [1.54, 1.807) is 0 Å². The van der Waals surface area contributed by atoms with Crippen molar-refractivity contribution in [3.8, 4) is 0 Å². The van der Waals surface area contributed by atoms with Crippen molar-refractivity contribution in [2.24, 2.45) is 17.1 Å². The molecule has 0 aliphatic heterocycles. The molecule has 1 aliphatic rings. The first-order chi connectivity index (χ1) is 7.86. The van der Waals surface area contributed by atoms with Gasteiger partial charge in [0.05, 0.1) is 0 Å². The van der Waals surface area contributed by atoms with E-state index >= 15 is 0 Å². The second-order valence-electron chi connectivity index (χ2n) is 6.27. The number of carbonyl (C=O) groups is 1. The zero-order valence-corrected chi connectivity index (χ0v) is 11.7. The summed E-state index contributed by atoms with van der Waals surface area (Å²) in [7, 11) is 0. The molecular formula is C14H27NO2. The van der Waals surface area contributed by atoms with Crippen molar-refractivity contribution in [3.05, 3.63) is 0 Å². The summed E-state index contributed by atoms with van der Waals surface area (Å²) < 4.78 is 5.62. The fraction of sp³-hybridized carbons (Fsp3) is 0.929. The summed E-state index contributed by atoms with van der Waals surface area (Å²) in [5.41, 5.74) is 5.70. The number of rotatable bonds is 3. The van der Waals surface area contributed by atoms with Crippen LogP contribution in [0.4, 0.5) is 0 Å². The van der Waals surface area contributed by atoms with Crippen LogP contribution in [0.3, 0.4) is 0 Å². The Morgan fingerprint density at radius 1 is 1.35 bits per heavy atom. The van der Waals surface area contributed by atoms with E-state index < -0.39 is 6.04 Å². The van der Waals surface area contributed by atoms with Crippen molar-refractivity contribution in [2.45, 2.75) is 71.9 Å².